The molecule has 0 spiro atoms. The minimum Gasteiger partial charge on any atom is -0.348 e. The van der Waals surface area contributed by atoms with Crippen molar-refractivity contribution in [2.45, 2.75) is 19.1 Å². The zero-order valence-corrected chi connectivity index (χ0v) is 11.3. The molecule has 0 heterocycles. The van der Waals surface area contributed by atoms with Crippen molar-refractivity contribution < 1.29 is 22.8 Å². The Morgan fingerprint density at radius 2 is 1.76 bits per heavy atom. The van der Waals surface area contributed by atoms with Gasteiger partial charge in [-0.05, 0) is 24.6 Å². The van der Waals surface area contributed by atoms with E-state index in [1.54, 1.807) is 6.92 Å². The Bertz CT molecular complexity index is 500. The number of hydrogen-bond donors (Lipinski definition) is 3. The van der Waals surface area contributed by atoms with Gasteiger partial charge in [0.25, 0.3) is 0 Å². The first kappa shape index (κ1) is 17.0. The molecule has 0 bridgehead atoms. The lowest BCUT2D eigenvalue weighted by atomic mass is 10.1. The fourth-order valence-electron chi connectivity index (χ4n) is 1.59. The maximum absolute atomic E-state index is 12.4. The predicted octanol–water partition coefficient (Wildman–Crippen LogP) is 0.958. The Labute approximate surface area is 119 Å². The second-order valence-corrected chi connectivity index (χ2v) is 4.39. The molecule has 0 aliphatic rings. The van der Waals surface area contributed by atoms with Crippen molar-refractivity contribution in [3.05, 3.63) is 35.4 Å². The van der Waals surface area contributed by atoms with Gasteiger partial charge in [-0.25, -0.2) is 0 Å². The summed E-state index contributed by atoms with van der Waals surface area (Å²) in [6.45, 7) is 1.17. The van der Waals surface area contributed by atoms with Crippen LogP contribution in [0.15, 0.2) is 24.3 Å². The molecule has 21 heavy (non-hydrogen) atoms. The molecule has 5 nitrogen and oxygen atoms in total. The summed E-state index contributed by atoms with van der Waals surface area (Å²) in [5.74, 6) is -0.920. The summed E-state index contributed by atoms with van der Waals surface area (Å²) in [7, 11) is 0. The van der Waals surface area contributed by atoms with Crippen molar-refractivity contribution in [2.24, 2.45) is 5.73 Å². The molecule has 0 aromatic heterocycles. The molecule has 116 valence electrons. The SMILES string of the molecule is CC(NC(=O)CNC(=O)CN)c1ccc(C(F)(F)F)cc1. The molecule has 4 N–H and O–H groups in total. The molecule has 2 amide bonds. The van der Waals surface area contributed by atoms with E-state index < -0.39 is 29.6 Å². The van der Waals surface area contributed by atoms with Crippen molar-refractivity contribution in [2.75, 3.05) is 13.1 Å². The number of rotatable bonds is 5. The molecule has 0 saturated heterocycles. The largest absolute Gasteiger partial charge is 0.416 e. The van der Waals surface area contributed by atoms with Gasteiger partial charge in [0.2, 0.25) is 11.8 Å². The molecule has 0 aliphatic carbocycles. The topological polar surface area (TPSA) is 84.2 Å². The van der Waals surface area contributed by atoms with Crippen molar-refractivity contribution in [1.29, 1.82) is 0 Å². The maximum atomic E-state index is 12.4. The van der Waals surface area contributed by atoms with Crippen LogP contribution in [0.2, 0.25) is 0 Å². The summed E-state index contributed by atoms with van der Waals surface area (Å²) < 4.78 is 37.3. The van der Waals surface area contributed by atoms with Crippen molar-refractivity contribution in [1.82, 2.24) is 10.6 Å². The van der Waals surface area contributed by atoms with Crippen molar-refractivity contribution in [3.8, 4) is 0 Å². The van der Waals surface area contributed by atoms with Crippen LogP contribution >= 0.6 is 0 Å². The first-order valence-corrected chi connectivity index (χ1v) is 6.17. The highest BCUT2D eigenvalue weighted by Gasteiger charge is 2.30. The van der Waals surface area contributed by atoms with Crippen LogP contribution in [0.25, 0.3) is 0 Å². The lowest BCUT2D eigenvalue weighted by Gasteiger charge is -2.15. The number of nitrogens with one attached hydrogen (secondary N) is 2. The Morgan fingerprint density at radius 3 is 2.24 bits per heavy atom. The Morgan fingerprint density at radius 1 is 1.19 bits per heavy atom. The molecule has 0 radical (unpaired) electrons. The van der Waals surface area contributed by atoms with E-state index in [0.717, 1.165) is 12.1 Å². The molecule has 0 aliphatic heterocycles. The quantitative estimate of drug-likeness (QED) is 0.757. The molecule has 1 unspecified atom stereocenters. The summed E-state index contributed by atoms with van der Waals surface area (Å²) in [6, 6.07) is 4.02. The van der Waals surface area contributed by atoms with E-state index in [2.05, 4.69) is 10.6 Å². The minimum atomic E-state index is -4.39. The third-order valence-corrected chi connectivity index (χ3v) is 2.75. The summed E-state index contributed by atoms with van der Waals surface area (Å²) in [6.07, 6.45) is -4.39. The van der Waals surface area contributed by atoms with Gasteiger partial charge in [-0.2, -0.15) is 13.2 Å². The number of alkyl halides is 3. The molecule has 8 heteroatoms. The molecule has 0 fully saturated rings. The predicted molar refractivity (Wildman–Crippen MR) is 70.1 cm³/mol. The second-order valence-electron chi connectivity index (χ2n) is 4.39. The Balaban J connectivity index is 2.57. The van der Waals surface area contributed by atoms with Crippen LogP contribution in [-0.4, -0.2) is 24.9 Å². The van der Waals surface area contributed by atoms with Crippen LogP contribution in [0.1, 0.15) is 24.1 Å². The van der Waals surface area contributed by atoms with E-state index in [1.165, 1.54) is 12.1 Å². The standard InChI is InChI=1S/C13H16F3N3O2/c1-8(19-12(21)7-18-11(20)6-17)9-2-4-10(5-3-9)13(14,15)16/h2-5,8H,6-7,17H2,1H3,(H,18,20)(H,19,21). The molecule has 1 aromatic carbocycles. The van der Waals surface area contributed by atoms with Gasteiger partial charge >= 0.3 is 6.18 Å². The van der Waals surface area contributed by atoms with Gasteiger partial charge in [-0.3, -0.25) is 9.59 Å². The molecule has 1 rings (SSSR count). The fraction of sp³-hybridized carbons (Fsp3) is 0.385. The lowest BCUT2D eigenvalue weighted by Crippen LogP contribution is -2.40. The smallest absolute Gasteiger partial charge is 0.348 e. The van der Waals surface area contributed by atoms with E-state index in [1.807, 2.05) is 0 Å². The van der Waals surface area contributed by atoms with Gasteiger partial charge in [0.15, 0.2) is 0 Å². The lowest BCUT2D eigenvalue weighted by molar-refractivity contribution is -0.137. The van der Waals surface area contributed by atoms with E-state index in [-0.39, 0.29) is 13.1 Å². The fourth-order valence-corrected chi connectivity index (χ4v) is 1.59. The first-order chi connectivity index (χ1) is 9.74. The Hall–Kier alpha value is -2.09. The second kappa shape index (κ2) is 7.07. The highest BCUT2D eigenvalue weighted by Crippen LogP contribution is 2.29. The minimum absolute atomic E-state index is 0.220. The number of amides is 2. The van der Waals surface area contributed by atoms with Crippen LogP contribution in [-0.2, 0) is 15.8 Å². The van der Waals surface area contributed by atoms with Crippen LogP contribution in [0, 0.1) is 0 Å². The van der Waals surface area contributed by atoms with E-state index >= 15 is 0 Å². The number of nitrogens with two attached hydrogens (primary N) is 1. The summed E-state index contributed by atoms with van der Waals surface area (Å²) in [5, 5.41) is 4.85. The van der Waals surface area contributed by atoms with Gasteiger partial charge in [0.1, 0.15) is 0 Å². The van der Waals surface area contributed by atoms with Gasteiger partial charge < -0.3 is 16.4 Å². The normalized spacial score (nSPS) is 12.6. The maximum Gasteiger partial charge on any atom is 0.416 e. The molecule has 1 aromatic rings. The van der Waals surface area contributed by atoms with Gasteiger partial charge in [0.05, 0.1) is 24.7 Å². The van der Waals surface area contributed by atoms with Gasteiger partial charge in [0, 0.05) is 0 Å². The number of halogens is 3. The van der Waals surface area contributed by atoms with Gasteiger partial charge in [-0.1, -0.05) is 12.1 Å². The average molecular weight is 303 g/mol. The van der Waals surface area contributed by atoms with E-state index in [0.29, 0.717) is 5.56 Å². The molecule has 1 atom stereocenters. The summed E-state index contributed by atoms with van der Waals surface area (Å²) >= 11 is 0. The zero-order valence-electron chi connectivity index (χ0n) is 11.3. The summed E-state index contributed by atoms with van der Waals surface area (Å²) in [5.41, 5.74) is 4.84. The molecule has 0 saturated carbocycles. The number of benzene rings is 1. The van der Waals surface area contributed by atoms with Crippen LogP contribution in [0.3, 0.4) is 0 Å². The third-order valence-electron chi connectivity index (χ3n) is 2.75. The van der Waals surface area contributed by atoms with Gasteiger partial charge in [-0.15, -0.1) is 0 Å². The summed E-state index contributed by atoms with van der Waals surface area (Å²) in [4.78, 5) is 22.4. The number of carbonyl (C=O) groups is 2. The highest BCUT2D eigenvalue weighted by molar-refractivity contribution is 5.85. The zero-order chi connectivity index (χ0) is 16.0. The van der Waals surface area contributed by atoms with Crippen LogP contribution < -0.4 is 16.4 Å². The van der Waals surface area contributed by atoms with Crippen molar-refractivity contribution >= 4 is 11.8 Å². The molecular formula is C13H16F3N3O2. The number of carbonyl (C=O) groups excluding carboxylic acids is 2. The highest BCUT2D eigenvalue weighted by atomic mass is 19.4. The molecular weight excluding hydrogens is 287 g/mol. The first-order valence-electron chi connectivity index (χ1n) is 6.17. The van der Waals surface area contributed by atoms with E-state index in [4.69, 9.17) is 5.73 Å². The third kappa shape index (κ3) is 5.42. The van der Waals surface area contributed by atoms with E-state index in [9.17, 15) is 22.8 Å². The van der Waals surface area contributed by atoms with Crippen LogP contribution in [0.5, 0.6) is 0 Å². The monoisotopic (exact) mass is 303 g/mol. The van der Waals surface area contributed by atoms with Crippen molar-refractivity contribution in [3.63, 3.8) is 0 Å². The number of hydrogen-bond acceptors (Lipinski definition) is 3. The Kier molecular flexibility index (Phi) is 5.71. The average Bonchev–Trinajstić information content (AvgIpc) is 2.43. The van der Waals surface area contributed by atoms with Crippen LogP contribution in [0.4, 0.5) is 13.2 Å².